The predicted molar refractivity (Wildman–Crippen MR) is 76.5 cm³/mol. The molecule has 19 heavy (non-hydrogen) atoms. The molecule has 0 unspecified atom stereocenters. The third kappa shape index (κ3) is 4.94. The summed E-state index contributed by atoms with van der Waals surface area (Å²) < 4.78 is 1.44. The van der Waals surface area contributed by atoms with Crippen LogP contribution >= 0.6 is 11.8 Å². The lowest BCUT2D eigenvalue weighted by Crippen LogP contribution is -2.39. The maximum atomic E-state index is 11.8. The zero-order chi connectivity index (χ0) is 14.3. The van der Waals surface area contributed by atoms with Crippen molar-refractivity contribution in [2.45, 2.75) is 38.5 Å². The molecule has 0 atom stereocenters. The van der Waals surface area contributed by atoms with Gasteiger partial charge in [0.15, 0.2) is 5.16 Å². The summed E-state index contributed by atoms with van der Waals surface area (Å²) in [5.74, 6) is 0. The maximum Gasteiger partial charge on any atom is 0.316 e. The summed E-state index contributed by atoms with van der Waals surface area (Å²) >= 11 is 1.38. The Morgan fingerprint density at radius 1 is 1.47 bits per heavy atom. The van der Waals surface area contributed by atoms with E-state index in [1.807, 2.05) is 6.26 Å². The molecule has 1 rings (SSSR count). The molecule has 7 heteroatoms. The highest BCUT2D eigenvalue weighted by Crippen LogP contribution is 2.08. The zero-order valence-corrected chi connectivity index (χ0v) is 12.3. The van der Waals surface area contributed by atoms with E-state index in [1.165, 1.54) is 22.4 Å². The third-order valence-corrected chi connectivity index (χ3v) is 3.17. The molecule has 6 nitrogen and oxygen atoms in total. The van der Waals surface area contributed by atoms with Crippen LogP contribution in [0.1, 0.15) is 25.5 Å². The van der Waals surface area contributed by atoms with Crippen molar-refractivity contribution in [2.24, 2.45) is 0 Å². The Hall–Kier alpha value is -1.50. The standard InChI is InChI=1S/C12H20N4O2S/c1-4-5-6-13-11(18)14-8-16-10(17)7-9(2)15-12(16)19-3/h7H,4-6,8H2,1-3H3,(H2,13,14,18). The van der Waals surface area contributed by atoms with Crippen molar-refractivity contribution < 1.29 is 4.79 Å². The molecule has 2 amide bonds. The van der Waals surface area contributed by atoms with E-state index in [2.05, 4.69) is 22.5 Å². The molecule has 0 fully saturated rings. The molecule has 0 saturated heterocycles. The number of rotatable bonds is 6. The lowest BCUT2D eigenvalue weighted by molar-refractivity contribution is 0.237. The van der Waals surface area contributed by atoms with E-state index in [0.717, 1.165) is 12.8 Å². The highest BCUT2D eigenvalue weighted by atomic mass is 32.2. The Balaban J connectivity index is 2.62. The Kier molecular flexibility index (Phi) is 6.41. The fraction of sp³-hybridized carbons (Fsp3) is 0.583. The number of hydrogen-bond acceptors (Lipinski definition) is 4. The van der Waals surface area contributed by atoms with Crippen LogP contribution in [0.25, 0.3) is 0 Å². The van der Waals surface area contributed by atoms with E-state index in [-0.39, 0.29) is 18.3 Å². The van der Waals surface area contributed by atoms with Gasteiger partial charge in [0.25, 0.3) is 5.56 Å². The zero-order valence-electron chi connectivity index (χ0n) is 11.5. The van der Waals surface area contributed by atoms with Crippen LogP contribution in [0.15, 0.2) is 16.0 Å². The molecule has 1 aromatic heterocycles. The summed E-state index contributed by atoms with van der Waals surface area (Å²) in [5.41, 5.74) is 0.517. The predicted octanol–water partition coefficient (Wildman–Crippen LogP) is 1.33. The van der Waals surface area contributed by atoms with Crippen molar-refractivity contribution >= 4 is 17.8 Å². The SMILES string of the molecule is CCCCNC(=O)NCn1c(SC)nc(C)cc1=O. The molecule has 0 aromatic carbocycles. The number of nitrogens with zero attached hydrogens (tertiary/aromatic N) is 2. The Morgan fingerprint density at radius 3 is 2.84 bits per heavy atom. The van der Waals surface area contributed by atoms with Crippen molar-refractivity contribution in [1.82, 2.24) is 20.2 Å². The smallest absolute Gasteiger partial charge is 0.316 e. The molecular weight excluding hydrogens is 264 g/mol. The van der Waals surface area contributed by atoms with Gasteiger partial charge in [0.1, 0.15) is 6.67 Å². The summed E-state index contributed by atoms with van der Waals surface area (Å²) in [5, 5.41) is 5.98. The van der Waals surface area contributed by atoms with Gasteiger partial charge in [0.2, 0.25) is 0 Å². The molecule has 2 N–H and O–H groups in total. The average molecular weight is 284 g/mol. The van der Waals surface area contributed by atoms with Gasteiger partial charge in [-0.2, -0.15) is 0 Å². The molecule has 1 aromatic rings. The number of urea groups is 1. The summed E-state index contributed by atoms with van der Waals surface area (Å²) in [4.78, 5) is 27.6. The van der Waals surface area contributed by atoms with Crippen LogP contribution in [0.4, 0.5) is 4.79 Å². The minimum atomic E-state index is -0.270. The lowest BCUT2D eigenvalue weighted by atomic mass is 10.3. The van der Waals surface area contributed by atoms with Crippen LogP contribution < -0.4 is 16.2 Å². The summed E-state index contributed by atoms with van der Waals surface area (Å²) in [6.45, 7) is 4.59. The highest BCUT2D eigenvalue weighted by Gasteiger charge is 2.07. The number of carbonyl (C=O) groups is 1. The fourth-order valence-electron chi connectivity index (χ4n) is 1.49. The van der Waals surface area contributed by atoms with Gasteiger partial charge in [-0.25, -0.2) is 9.78 Å². The van der Waals surface area contributed by atoms with Crippen LogP contribution in [0, 0.1) is 6.92 Å². The number of aryl methyl sites for hydroxylation is 1. The van der Waals surface area contributed by atoms with E-state index in [1.54, 1.807) is 6.92 Å². The van der Waals surface area contributed by atoms with Crippen molar-refractivity contribution in [3.63, 3.8) is 0 Å². The highest BCUT2D eigenvalue weighted by molar-refractivity contribution is 7.98. The average Bonchev–Trinajstić information content (AvgIpc) is 2.37. The lowest BCUT2D eigenvalue weighted by Gasteiger charge is -2.12. The van der Waals surface area contributed by atoms with E-state index in [4.69, 9.17) is 0 Å². The molecule has 0 aliphatic rings. The first kappa shape index (κ1) is 15.6. The van der Waals surface area contributed by atoms with E-state index in [9.17, 15) is 9.59 Å². The second-order valence-electron chi connectivity index (χ2n) is 4.09. The van der Waals surface area contributed by atoms with E-state index >= 15 is 0 Å². The Labute approximate surface area is 117 Å². The molecule has 0 spiro atoms. The minimum absolute atomic E-state index is 0.125. The number of aromatic nitrogens is 2. The van der Waals surface area contributed by atoms with Gasteiger partial charge in [0.05, 0.1) is 0 Å². The number of nitrogens with one attached hydrogen (secondary N) is 2. The molecule has 1 heterocycles. The van der Waals surface area contributed by atoms with Crippen molar-refractivity contribution in [3.8, 4) is 0 Å². The van der Waals surface area contributed by atoms with E-state index < -0.39 is 0 Å². The Morgan fingerprint density at radius 2 is 2.21 bits per heavy atom. The first-order valence-electron chi connectivity index (χ1n) is 6.22. The van der Waals surface area contributed by atoms with Gasteiger partial charge in [-0.05, 0) is 19.6 Å². The number of hydrogen-bond donors (Lipinski definition) is 2. The molecule has 0 aliphatic heterocycles. The van der Waals surface area contributed by atoms with Crippen molar-refractivity contribution in [1.29, 1.82) is 0 Å². The molecule has 0 saturated carbocycles. The van der Waals surface area contributed by atoms with Crippen molar-refractivity contribution in [2.75, 3.05) is 12.8 Å². The normalized spacial score (nSPS) is 10.3. The molecular formula is C12H20N4O2S. The Bertz CT molecular complexity index is 487. The van der Waals surface area contributed by atoms with Crippen LogP contribution in [-0.4, -0.2) is 28.4 Å². The third-order valence-electron chi connectivity index (χ3n) is 2.50. The van der Waals surface area contributed by atoms with E-state index in [0.29, 0.717) is 17.4 Å². The monoisotopic (exact) mass is 284 g/mol. The second kappa shape index (κ2) is 7.83. The molecule has 0 radical (unpaired) electrons. The molecule has 0 aliphatic carbocycles. The number of amides is 2. The summed E-state index contributed by atoms with van der Waals surface area (Å²) in [7, 11) is 0. The van der Waals surface area contributed by atoms with Crippen molar-refractivity contribution in [3.05, 3.63) is 22.1 Å². The van der Waals surface area contributed by atoms with Gasteiger partial charge in [0, 0.05) is 18.3 Å². The first-order valence-corrected chi connectivity index (χ1v) is 7.45. The van der Waals surface area contributed by atoms with Gasteiger partial charge in [-0.15, -0.1) is 0 Å². The summed E-state index contributed by atoms with van der Waals surface area (Å²) in [6.07, 6.45) is 3.81. The number of thioether (sulfide) groups is 1. The van der Waals surface area contributed by atoms with Crippen LogP contribution in [0.2, 0.25) is 0 Å². The van der Waals surface area contributed by atoms with Gasteiger partial charge < -0.3 is 10.6 Å². The van der Waals surface area contributed by atoms with Gasteiger partial charge >= 0.3 is 6.03 Å². The van der Waals surface area contributed by atoms with Crippen LogP contribution in [-0.2, 0) is 6.67 Å². The van der Waals surface area contributed by atoms with Gasteiger partial charge in [-0.1, -0.05) is 25.1 Å². The van der Waals surface area contributed by atoms with Crippen LogP contribution in [0.3, 0.4) is 0 Å². The largest absolute Gasteiger partial charge is 0.338 e. The minimum Gasteiger partial charge on any atom is -0.338 e. The quantitative estimate of drug-likeness (QED) is 0.469. The number of carbonyl (C=O) groups excluding carboxylic acids is 1. The molecule has 0 bridgehead atoms. The topological polar surface area (TPSA) is 76.0 Å². The molecule has 106 valence electrons. The van der Waals surface area contributed by atoms with Gasteiger partial charge in [-0.3, -0.25) is 9.36 Å². The fourth-order valence-corrected chi connectivity index (χ4v) is 2.10. The summed E-state index contributed by atoms with van der Waals surface area (Å²) in [6, 6.07) is 1.18. The second-order valence-corrected chi connectivity index (χ2v) is 4.87. The van der Waals surface area contributed by atoms with Crippen LogP contribution in [0.5, 0.6) is 0 Å². The first-order chi connectivity index (χ1) is 9.08. The maximum absolute atomic E-state index is 11.8. The number of unbranched alkanes of at least 4 members (excludes halogenated alkanes) is 1.